The highest BCUT2D eigenvalue weighted by atomic mass is 16.5. The minimum Gasteiger partial charge on any atom is -0.387 e. The Labute approximate surface area is 159 Å². The van der Waals surface area contributed by atoms with Crippen LogP contribution >= 0.6 is 0 Å². The van der Waals surface area contributed by atoms with Crippen molar-refractivity contribution in [2.24, 2.45) is 34.5 Å². The molecule has 3 nitrogen and oxygen atoms in total. The Kier molecular flexibility index (Phi) is 4.79. The first-order valence-electron chi connectivity index (χ1n) is 11.1. The highest BCUT2D eigenvalue weighted by Gasteiger charge is 2.59. The van der Waals surface area contributed by atoms with Crippen LogP contribution in [0, 0.1) is 34.5 Å². The first-order valence-corrected chi connectivity index (χ1v) is 11.1. The van der Waals surface area contributed by atoms with Crippen LogP contribution in [-0.2, 0) is 9.53 Å². The van der Waals surface area contributed by atoms with Crippen molar-refractivity contribution in [3.05, 3.63) is 0 Å². The summed E-state index contributed by atoms with van der Waals surface area (Å²) < 4.78 is 5.37. The van der Waals surface area contributed by atoms with Crippen molar-refractivity contribution in [1.82, 2.24) is 0 Å². The Bertz CT molecular complexity index is 560. The van der Waals surface area contributed by atoms with Crippen LogP contribution in [0.3, 0.4) is 0 Å². The number of fused-ring (bicyclic) bond motifs is 5. The molecule has 7 atom stereocenters. The van der Waals surface area contributed by atoms with E-state index in [-0.39, 0.29) is 5.41 Å². The van der Waals surface area contributed by atoms with Gasteiger partial charge in [-0.2, -0.15) is 0 Å². The lowest BCUT2D eigenvalue weighted by Gasteiger charge is -2.60. The summed E-state index contributed by atoms with van der Waals surface area (Å²) >= 11 is 0. The Hall–Kier alpha value is -0.410. The van der Waals surface area contributed by atoms with E-state index in [4.69, 9.17) is 4.74 Å². The van der Waals surface area contributed by atoms with Gasteiger partial charge in [-0.05, 0) is 93.3 Å². The predicted molar refractivity (Wildman–Crippen MR) is 103 cm³/mol. The van der Waals surface area contributed by atoms with Crippen LogP contribution in [0.5, 0.6) is 0 Å². The molecule has 4 saturated carbocycles. The quantitative estimate of drug-likeness (QED) is 0.770. The first kappa shape index (κ1) is 18.9. The normalized spacial score (nSPS) is 51.8. The number of hydrogen-bond acceptors (Lipinski definition) is 3. The maximum absolute atomic E-state index is 12.8. The molecular weight excluding hydrogens is 324 g/mol. The molecule has 7 unspecified atom stereocenters. The van der Waals surface area contributed by atoms with Gasteiger partial charge in [0.05, 0.1) is 12.2 Å². The summed E-state index contributed by atoms with van der Waals surface area (Å²) in [6.07, 6.45) is 12.1. The Morgan fingerprint density at radius 3 is 2.62 bits per heavy atom. The van der Waals surface area contributed by atoms with Crippen molar-refractivity contribution in [1.29, 1.82) is 0 Å². The SMILES string of the molecule is COCC1(O)CCCC2(C)C(CCC3C4CCCC(=O)C4(C)CCC32)C1. The molecule has 0 amide bonds. The summed E-state index contributed by atoms with van der Waals surface area (Å²) in [5, 5.41) is 11.1. The number of carbonyl (C=O) groups is 1. The third-order valence-electron chi connectivity index (χ3n) is 9.41. The van der Waals surface area contributed by atoms with Gasteiger partial charge < -0.3 is 9.84 Å². The Morgan fingerprint density at radius 2 is 1.85 bits per heavy atom. The molecular formula is C23H38O3. The summed E-state index contributed by atoms with van der Waals surface area (Å²) in [5.74, 6) is 3.24. The third-order valence-corrected chi connectivity index (χ3v) is 9.41. The van der Waals surface area contributed by atoms with Crippen molar-refractivity contribution in [3.8, 4) is 0 Å². The van der Waals surface area contributed by atoms with Crippen molar-refractivity contribution in [2.75, 3.05) is 13.7 Å². The van der Waals surface area contributed by atoms with E-state index in [1.54, 1.807) is 7.11 Å². The Morgan fingerprint density at radius 1 is 1.04 bits per heavy atom. The van der Waals surface area contributed by atoms with Crippen molar-refractivity contribution in [2.45, 2.75) is 90.1 Å². The molecule has 0 spiro atoms. The number of Topliss-reactive ketones (excluding diaryl/α,β-unsaturated/α-hetero) is 1. The van der Waals surface area contributed by atoms with Crippen LogP contribution in [0.25, 0.3) is 0 Å². The molecule has 0 heterocycles. The third kappa shape index (κ3) is 2.80. The monoisotopic (exact) mass is 362 g/mol. The fraction of sp³-hybridized carbons (Fsp3) is 0.957. The summed E-state index contributed by atoms with van der Waals surface area (Å²) in [5.41, 5.74) is -0.332. The van der Waals surface area contributed by atoms with Gasteiger partial charge >= 0.3 is 0 Å². The van der Waals surface area contributed by atoms with Crippen LogP contribution in [0.4, 0.5) is 0 Å². The molecule has 0 aromatic carbocycles. The van der Waals surface area contributed by atoms with Gasteiger partial charge in [-0.25, -0.2) is 0 Å². The molecule has 0 aliphatic heterocycles. The molecule has 148 valence electrons. The van der Waals surface area contributed by atoms with Gasteiger partial charge in [0, 0.05) is 18.9 Å². The zero-order valence-corrected chi connectivity index (χ0v) is 17.1. The summed E-state index contributed by atoms with van der Waals surface area (Å²) in [6, 6.07) is 0. The number of methoxy groups -OCH3 is 1. The minimum atomic E-state index is -0.631. The molecule has 4 aliphatic carbocycles. The van der Waals surface area contributed by atoms with Crippen LogP contribution < -0.4 is 0 Å². The molecule has 26 heavy (non-hydrogen) atoms. The van der Waals surface area contributed by atoms with Gasteiger partial charge in [0.25, 0.3) is 0 Å². The van der Waals surface area contributed by atoms with Gasteiger partial charge in [-0.15, -0.1) is 0 Å². The van der Waals surface area contributed by atoms with E-state index in [9.17, 15) is 9.90 Å². The molecule has 0 saturated heterocycles. The lowest BCUT2D eigenvalue weighted by atomic mass is 9.44. The van der Waals surface area contributed by atoms with E-state index in [2.05, 4.69) is 13.8 Å². The molecule has 0 radical (unpaired) electrons. The van der Waals surface area contributed by atoms with Crippen molar-refractivity contribution in [3.63, 3.8) is 0 Å². The zero-order valence-electron chi connectivity index (χ0n) is 17.1. The van der Waals surface area contributed by atoms with E-state index >= 15 is 0 Å². The lowest BCUT2D eigenvalue weighted by molar-refractivity contribution is -0.154. The summed E-state index contributed by atoms with van der Waals surface area (Å²) in [7, 11) is 1.71. The number of ether oxygens (including phenoxy) is 1. The van der Waals surface area contributed by atoms with E-state index in [0.29, 0.717) is 29.6 Å². The van der Waals surface area contributed by atoms with Gasteiger partial charge in [0.15, 0.2) is 0 Å². The number of hydrogen-bond donors (Lipinski definition) is 1. The fourth-order valence-electron chi connectivity index (χ4n) is 7.99. The standard InChI is InChI=1S/C23H38O3/c1-21-11-5-12-23(25,15-26-3)14-16(21)8-9-17-18-6-4-7-20(24)22(18,2)13-10-19(17)21/h16-19,25H,4-15H2,1-3H3. The van der Waals surface area contributed by atoms with Crippen LogP contribution in [-0.4, -0.2) is 30.2 Å². The van der Waals surface area contributed by atoms with E-state index < -0.39 is 5.60 Å². The zero-order chi connectivity index (χ0) is 18.6. The number of rotatable bonds is 2. The number of carbonyl (C=O) groups excluding carboxylic acids is 1. The smallest absolute Gasteiger partial charge is 0.139 e. The van der Waals surface area contributed by atoms with Crippen LogP contribution in [0.1, 0.15) is 84.5 Å². The van der Waals surface area contributed by atoms with Crippen LogP contribution in [0.2, 0.25) is 0 Å². The van der Waals surface area contributed by atoms with Crippen LogP contribution in [0.15, 0.2) is 0 Å². The second-order valence-electron chi connectivity index (χ2n) is 10.6. The highest BCUT2D eigenvalue weighted by Crippen LogP contribution is 2.64. The maximum atomic E-state index is 12.8. The second kappa shape index (κ2) is 6.58. The summed E-state index contributed by atoms with van der Waals surface area (Å²) in [4.78, 5) is 12.8. The molecule has 0 aromatic heterocycles. The number of aliphatic hydroxyl groups is 1. The molecule has 4 fully saturated rings. The van der Waals surface area contributed by atoms with E-state index in [0.717, 1.165) is 50.4 Å². The highest BCUT2D eigenvalue weighted by molar-refractivity contribution is 5.85. The number of ketones is 1. The molecule has 0 bridgehead atoms. The van der Waals surface area contributed by atoms with Gasteiger partial charge in [-0.1, -0.05) is 13.8 Å². The van der Waals surface area contributed by atoms with Crippen molar-refractivity contribution < 1.29 is 14.6 Å². The molecule has 1 N–H and O–H groups in total. The molecule has 0 aromatic rings. The Balaban J connectivity index is 1.60. The second-order valence-corrected chi connectivity index (χ2v) is 10.6. The average Bonchev–Trinajstić information content (AvgIpc) is 2.72. The summed E-state index contributed by atoms with van der Waals surface area (Å²) in [6.45, 7) is 5.29. The van der Waals surface area contributed by atoms with E-state index in [1.165, 1.54) is 32.1 Å². The van der Waals surface area contributed by atoms with Crippen molar-refractivity contribution >= 4 is 5.78 Å². The largest absolute Gasteiger partial charge is 0.387 e. The van der Waals surface area contributed by atoms with E-state index in [1.807, 2.05) is 0 Å². The molecule has 3 heteroatoms. The van der Waals surface area contributed by atoms with Gasteiger partial charge in [0.2, 0.25) is 0 Å². The molecule has 4 aliphatic rings. The average molecular weight is 363 g/mol. The maximum Gasteiger partial charge on any atom is 0.139 e. The minimum absolute atomic E-state index is 0.0376. The molecule has 4 rings (SSSR count). The topological polar surface area (TPSA) is 46.5 Å². The van der Waals surface area contributed by atoms with Gasteiger partial charge in [-0.3, -0.25) is 4.79 Å². The first-order chi connectivity index (χ1) is 12.3. The fourth-order valence-corrected chi connectivity index (χ4v) is 7.99. The van der Waals surface area contributed by atoms with Gasteiger partial charge in [0.1, 0.15) is 5.78 Å². The lowest BCUT2D eigenvalue weighted by Crippen LogP contribution is -2.55. The predicted octanol–water partition coefficient (Wildman–Crippen LogP) is 4.76.